The van der Waals surface area contributed by atoms with Crippen LogP contribution in [0.2, 0.25) is 0 Å². The fourth-order valence-corrected chi connectivity index (χ4v) is 0.891. The summed E-state index contributed by atoms with van der Waals surface area (Å²) in [6.07, 6.45) is 3.17. The van der Waals surface area contributed by atoms with Gasteiger partial charge in [0.1, 0.15) is 0 Å². The highest BCUT2D eigenvalue weighted by molar-refractivity contribution is 8.02. The summed E-state index contributed by atoms with van der Waals surface area (Å²) in [7, 11) is 1.30. The van der Waals surface area contributed by atoms with E-state index in [-0.39, 0.29) is 0 Å². The minimum Gasteiger partial charge on any atom is -0.465 e. The van der Waals surface area contributed by atoms with Crippen molar-refractivity contribution in [3.8, 4) is 0 Å². The molecule has 2 N–H and O–H groups in total. The third-order valence-corrected chi connectivity index (χ3v) is 1.75. The number of esters is 1. The second-order valence-electron chi connectivity index (χ2n) is 1.68. The number of hydrogen-bond donors (Lipinski definition) is 1. The van der Waals surface area contributed by atoms with E-state index >= 15 is 0 Å². The van der Waals surface area contributed by atoms with Gasteiger partial charge in [0.2, 0.25) is 0 Å². The van der Waals surface area contributed by atoms with Gasteiger partial charge in [-0.1, -0.05) is 12.7 Å². The van der Waals surface area contributed by atoms with Crippen LogP contribution < -0.4 is 5.73 Å². The third kappa shape index (κ3) is 2.67. The first-order valence-electron chi connectivity index (χ1n) is 2.91. The highest BCUT2D eigenvalue weighted by atomic mass is 32.2. The molecule has 0 unspecified atom stereocenters. The largest absolute Gasteiger partial charge is 0.465 e. The van der Waals surface area contributed by atoms with Crippen molar-refractivity contribution in [2.24, 2.45) is 5.73 Å². The second kappa shape index (κ2) is 4.85. The van der Waals surface area contributed by atoms with Gasteiger partial charge in [-0.2, -0.15) is 0 Å². The quantitative estimate of drug-likeness (QED) is 0.391. The van der Waals surface area contributed by atoms with E-state index in [1.807, 2.05) is 0 Å². The van der Waals surface area contributed by atoms with Crippen LogP contribution in [-0.4, -0.2) is 19.3 Å². The van der Waals surface area contributed by atoms with Crippen molar-refractivity contribution >= 4 is 17.7 Å². The number of rotatable bonds is 3. The summed E-state index contributed by atoms with van der Waals surface area (Å²) in [5, 5.41) is 0.423. The van der Waals surface area contributed by atoms with E-state index in [0.29, 0.717) is 10.6 Å². The predicted octanol–water partition coefficient (Wildman–Crippen LogP) is 0.879. The monoisotopic (exact) mass is 173 g/mol. The highest BCUT2D eigenvalue weighted by Crippen LogP contribution is 2.12. The molecule has 0 aromatic rings. The molecular weight excluding hydrogens is 162 g/mol. The summed E-state index contributed by atoms with van der Waals surface area (Å²) in [5.74, 6) is -0.452. The molecule has 0 atom stereocenters. The molecule has 0 aliphatic carbocycles. The SMILES string of the molecule is C=C/C(C(=O)OC)=C(/N)SC. The van der Waals surface area contributed by atoms with Crippen molar-refractivity contribution in [3.63, 3.8) is 0 Å². The van der Waals surface area contributed by atoms with E-state index in [0.717, 1.165) is 0 Å². The Bertz CT molecular complexity index is 199. The minimum atomic E-state index is -0.452. The minimum absolute atomic E-state index is 0.319. The van der Waals surface area contributed by atoms with Gasteiger partial charge in [0.05, 0.1) is 17.7 Å². The molecule has 0 aromatic carbocycles. The van der Waals surface area contributed by atoms with Crippen LogP contribution in [0.15, 0.2) is 23.3 Å². The predicted molar refractivity (Wildman–Crippen MR) is 46.9 cm³/mol. The van der Waals surface area contributed by atoms with Crippen molar-refractivity contribution in [1.82, 2.24) is 0 Å². The van der Waals surface area contributed by atoms with Crippen molar-refractivity contribution in [3.05, 3.63) is 23.3 Å². The van der Waals surface area contributed by atoms with Gasteiger partial charge in [-0.05, 0) is 6.26 Å². The van der Waals surface area contributed by atoms with Gasteiger partial charge >= 0.3 is 5.97 Å². The third-order valence-electron chi connectivity index (χ3n) is 1.09. The number of hydrogen-bond acceptors (Lipinski definition) is 4. The number of ether oxygens (including phenoxy) is 1. The lowest BCUT2D eigenvalue weighted by Gasteiger charge is -2.02. The molecule has 0 aromatic heterocycles. The zero-order valence-electron chi connectivity index (χ0n) is 6.59. The van der Waals surface area contributed by atoms with Gasteiger partial charge in [0.25, 0.3) is 0 Å². The van der Waals surface area contributed by atoms with Gasteiger partial charge < -0.3 is 10.5 Å². The van der Waals surface area contributed by atoms with Crippen molar-refractivity contribution in [2.75, 3.05) is 13.4 Å². The lowest BCUT2D eigenvalue weighted by Crippen LogP contribution is -2.08. The molecule has 4 heteroatoms. The topological polar surface area (TPSA) is 52.3 Å². The molecular formula is C7H11NO2S. The Hall–Kier alpha value is -0.900. The molecule has 0 bridgehead atoms. The first kappa shape index (κ1) is 10.1. The van der Waals surface area contributed by atoms with Gasteiger partial charge in [0.15, 0.2) is 0 Å². The Morgan fingerprint density at radius 2 is 2.27 bits per heavy atom. The Morgan fingerprint density at radius 3 is 2.55 bits per heavy atom. The van der Waals surface area contributed by atoms with E-state index < -0.39 is 5.97 Å². The standard InChI is InChI=1S/C7H11NO2S/c1-4-5(6(8)11-3)7(9)10-2/h4H,1,8H2,2-3H3/b6-5+. The van der Waals surface area contributed by atoms with Crippen LogP contribution in [0.4, 0.5) is 0 Å². The molecule has 62 valence electrons. The van der Waals surface area contributed by atoms with E-state index in [1.54, 1.807) is 6.26 Å². The Balaban J connectivity index is 4.64. The zero-order chi connectivity index (χ0) is 8.85. The normalized spacial score (nSPS) is 11.8. The molecule has 0 spiro atoms. The molecule has 11 heavy (non-hydrogen) atoms. The average Bonchev–Trinajstić information content (AvgIpc) is 2.05. The van der Waals surface area contributed by atoms with Crippen LogP contribution in [0.1, 0.15) is 0 Å². The molecule has 0 rings (SSSR count). The van der Waals surface area contributed by atoms with Crippen LogP contribution in [0.25, 0.3) is 0 Å². The molecule has 0 heterocycles. The Morgan fingerprint density at radius 1 is 1.73 bits per heavy atom. The molecule has 0 fully saturated rings. The molecule has 0 aliphatic rings. The highest BCUT2D eigenvalue weighted by Gasteiger charge is 2.08. The van der Waals surface area contributed by atoms with Gasteiger partial charge in [-0.25, -0.2) is 4.79 Å². The van der Waals surface area contributed by atoms with Crippen LogP contribution in [0, 0.1) is 0 Å². The number of carbonyl (C=O) groups is 1. The molecule has 0 aliphatic heterocycles. The second-order valence-corrected chi connectivity index (χ2v) is 2.53. The fourth-order valence-electron chi connectivity index (χ4n) is 0.504. The van der Waals surface area contributed by atoms with Gasteiger partial charge in [-0.15, -0.1) is 11.8 Å². The molecule has 0 radical (unpaired) electrons. The zero-order valence-corrected chi connectivity index (χ0v) is 7.40. The lowest BCUT2D eigenvalue weighted by molar-refractivity contribution is -0.135. The average molecular weight is 173 g/mol. The molecule has 0 saturated carbocycles. The van der Waals surface area contributed by atoms with Crippen molar-refractivity contribution in [2.45, 2.75) is 0 Å². The van der Waals surface area contributed by atoms with Gasteiger partial charge in [0, 0.05) is 0 Å². The van der Waals surface area contributed by atoms with Crippen LogP contribution in [0.3, 0.4) is 0 Å². The van der Waals surface area contributed by atoms with Crippen LogP contribution in [-0.2, 0) is 9.53 Å². The number of methoxy groups -OCH3 is 1. The first-order chi connectivity index (χ1) is 5.17. The van der Waals surface area contributed by atoms with E-state index in [2.05, 4.69) is 11.3 Å². The summed E-state index contributed by atoms with van der Waals surface area (Å²) in [5.41, 5.74) is 5.79. The molecule has 3 nitrogen and oxygen atoms in total. The summed E-state index contributed by atoms with van der Waals surface area (Å²) in [6, 6.07) is 0. The summed E-state index contributed by atoms with van der Waals surface area (Å²) in [4.78, 5) is 10.9. The van der Waals surface area contributed by atoms with Crippen molar-refractivity contribution in [1.29, 1.82) is 0 Å². The Kier molecular flexibility index (Phi) is 4.45. The molecule has 0 saturated heterocycles. The smallest absolute Gasteiger partial charge is 0.340 e. The molecule has 0 amide bonds. The first-order valence-corrected chi connectivity index (χ1v) is 4.14. The summed E-state index contributed by atoms with van der Waals surface area (Å²) >= 11 is 1.29. The number of thioether (sulfide) groups is 1. The number of carbonyl (C=O) groups excluding carboxylic acids is 1. The lowest BCUT2D eigenvalue weighted by atomic mass is 10.3. The van der Waals surface area contributed by atoms with E-state index in [1.165, 1.54) is 24.9 Å². The van der Waals surface area contributed by atoms with E-state index in [4.69, 9.17) is 5.73 Å². The maximum absolute atomic E-state index is 10.9. The number of nitrogens with two attached hydrogens (primary N) is 1. The summed E-state index contributed by atoms with van der Waals surface area (Å²) in [6.45, 7) is 3.45. The van der Waals surface area contributed by atoms with E-state index in [9.17, 15) is 4.79 Å². The Labute approximate surface area is 70.3 Å². The van der Waals surface area contributed by atoms with Gasteiger partial charge in [-0.3, -0.25) is 0 Å². The maximum atomic E-state index is 10.9. The summed E-state index contributed by atoms with van der Waals surface area (Å²) < 4.78 is 4.46. The van der Waals surface area contributed by atoms with Crippen molar-refractivity contribution < 1.29 is 9.53 Å². The fraction of sp³-hybridized carbons (Fsp3) is 0.286. The van der Waals surface area contributed by atoms with Crippen LogP contribution >= 0.6 is 11.8 Å². The maximum Gasteiger partial charge on any atom is 0.340 e. The van der Waals surface area contributed by atoms with Crippen LogP contribution in [0.5, 0.6) is 0 Å².